The fraction of sp³-hybridized carbons (Fsp3) is 0.273. The molecule has 2 heterocycles. The molecular formula is C22H22FN3O3. The lowest BCUT2D eigenvalue weighted by atomic mass is 10.1. The summed E-state index contributed by atoms with van der Waals surface area (Å²) in [7, 11) is 0. The van der Waals surface area contributed by atoms with Gasteiger partial charge in [0.25, 0.3) is 5.91 Å². The Morgan fingerprint density at radius 2 is 2.14 bits per heavy atom. The van der Waals surface area contributed by atoms with E-state index in [-0.39, 0.29) is 24.4 Å². The number of hydrogen-bond donors (Lipinski definition) is 1. The van der Waals surface area contributed by atoms with Gasteiger partial charge in [0, 0.05) is 29.8 Å². The van der Waals surface area contributed by atoms with Crippen LogP contribution in [0.1, 0.15) is 35.5 Å². The first-order valence-corrected chi connectivity index (χ1v) is 9.57. The molecule has 6 nitrogen and oxygen atoms in total. The molecule has 0 fully saturated rings. The van der Waals surface area contributed by atoms with Crippen LogP contribution in [-0.4, -0.2) is 28.2 Å². The van der Waals surface area contributed by atoms with Crippen LogP contribution in [0.4, 0.5) is 4.39 Å². The third-order valence-corrected chi connectivity index (χ3v) is 4.79. The minimum Gasteiger partial charge on any atom is -0.494 e. The summed E-state index contributed by atoms with van der Waals surface area (Å²) in [5, 5.41) is 2.91. The van der Waals surface area contributed by atoms with Gasteiger partial charge >= 0.3 is 0 Å². The molecule has 1 unspecified atom stereocenters. The minimum absolute atomic E-state index is 0.134. The molecule has 1 atom stereocenters. The second-order valence-electron chi connectivity index (χ2n) is 6.94. The minimum atomic E-state index is -0.337. The topological polar surface area (TPSA) is 65.4 Å². The van der Waals surface area contributed by atoms with Crippen molar-refractivity contribution in [3.8, 4) is 17.2 Å². The molecule has 0 bridgehead atoms. The molecule has 0 aliphatic carbocycles. The molecule has 2 aromatic carbocycles. The Bertz CT molecular complexity index is 1030. The van der Waals surface area contributed by atoms with Crippen molar-refractivity contribution in [2.75, 3.05) is 6.61 Å². The van der Waals surface area contributed by atoms with E-state index < -0.39 is 0 Å². The van der Waals surface area contributed by atoms with Gasteiger partial charge in [-0.25, -0.2) is 9.37 Å². The normalized spacial score (nSPS) is 14.9. The van der Waals surface area contributed by atoms with Crippen LogP contribution in [-0.2, 0) is 13.0 Å². The van der Waals surface area contributed by atoms with Crippen LogP contribution in [0.15, 0.2) is 48.9 Å². The van der Waals surface area contributed by atoms with Crippen LogP contribution in [0.25, 0.3) is 5.69 Å². The van der Waals surface area contributed by atoms with E-state index in [2.05, 4.69) is 10.3 Å². The average molecular weight is 395 g/mol. The standard InChI is InChI=1S/C22H22FN3O3/c1-3-28-20-9-15-8-14(2)29-21(15)10-16(20)11-25-22(27)19-12-24-13-26(19)18-6-4-17(23)5-7-18/h4-7,9-10,12-14H,3,8,11H2,1-2H3,(H,25,27). The first-order chi connectivity index (χ1) is 14.0. The van der Waals surface area contributed by atoms with Crippen molar-refractivity contribution >= 4 is 5.91 Å². The van der Waals surface area contributed by atoms with E-state index >= 15 is 0 Å². The van der Waals surface area contributed by atoms with Gasteiger partial charge in [-0.2, -0.15) is 0 Å². The van der Waals surface area contributed by atoms with Gasteiger partial charge in [0.15, 0.2) is 0 Å². The molecule has 4 rings (SSSR count). The number of nitrogens with one attached hydrogen (secondary N) is 1. The molecule has 1 aliphatic heterocycles. The molecule has 0 saturated carbocycles. The summed E-state index contributed by atoms with van der Waals surface area (Å²) in [6.07, 6.45) is 3.99. The smallest absolute Gasteiger partial charge is 0.270 e. The number of carbonyl (C=O) groups excluding carboxylic acids is 1. The lowest BCUT2D eigenvalue weighted by Gasteiger charge is -2.14. The monoisotopic (exact) mass is 395 g/mol. The van der Waals surface area contributed by atoms with Gasteiger partial charge in [0.2, 0.25) is 0 Å². The van der Waals surface area contributed by atoms with Crippen molar-refractivity contribution in [2.24, 2.45) is 0 Å². The fourth-order valence-electron chi connectivity index (χ4n) is 3.45. The molecule has 0 spiro atoms. The summed E-state index contributed by atoms with van der Waals surface area (Å²) in [5.74, 6) is 0.957. The number of hydrogen-bond acceptors (Lipinski definition) is 4. The van der Waals surface area contributed by atoms with Crippen molar-refractivity contribution < 1.29 is 18.7 Å². The van der Waals surface area contributed by atoms with Gasteiger partial charge in [-0.3, -0.25) is 9.36 Å². The number of carbonyl (C=O) groups is 1. The summed E-state index contributed by atoms with van der Waals surface area (Å²) in [4.78, 5) is 16.8. The number of benzene rings is 2. The number of ether oxygens (including phenoxy) is 2. The third kappa shape index (κ3) is 3.94. The van der Waals surface area contributed by atoms with Crippen LogP contribution in [0.2, 0.25) is 0 Å². The van der Waals surface area contributed by atoms with Crippen LogP contribution >= 0.6 is 0 Å². The summed E-state index contributed by atoms with van der Waals surface area (Å²) >= 11 is 0. The predicted molar refractivity (Wildman–Crippen MR) is 106 cm³/mol. The summed E-state index contributed by atoms with van der Waals surface area (Å²) in [6.45, 7) is 4.77. The Hall–Kier alpha value is -3.35. The lowest BCUT2D eigenvalue weighted by molar-refractivity contribution is 0.0943. The quantitative estimate of drug-likeness (QED) is 0.692. The Morgan fingerprint density at radius 3 is 2.90 bits per heavy atom. The number of halogens is 1. The van der Waals surface area contributed by atoms with E-state index in [1.54, 1.807) is 16.7 Å². The largest absolute Gasteiger partial charge is 0.494 e. The summed E-state index contributed by atoms with van der Waals surface area (Å²) in [5.41, 5.74) is 2.98. The first kappa shape index (κ1) is 19.0. The van der Waals surface area contributed by atoms with Crippen LogP contribution < -0.4 is 14.8 Å². The highest BCUT2D eigenvalue weighted by Crippen LogP contribution is 2.35. The van der Waals surface area contributed by atoms with E-state index in [4.69, 9.17) is 9.47 Å². The zero-order valence-corrected chi connectivity index (χ0v) is 16.3. The molecule has 7 heteroatoms. The zero-order chi connectivity index (χ0) is 20.4. The van der Waals surface area contributed by atoms with Gasteiger partial charge < -0.3 is 14.8 Å². The van der Waals surface area contributed by atoms with Crippen LogP contribution in [0, 0.1) is 5.82 Å². The zero-order valence-electron chi connectivity index (χ0n) is 16.3. The maximum absolute atomic E-state index is 13.2. The Kier molecular flexibility index (Phi) is 5.20. The predicted octanol–water partition coefficient (Wildman–Crippen LogP) is 3.66. The number of rotatable bonds is 6. The van der Waals surface area contributed by atoms with Crippen molar-refractivity contribution in [3.05, 3.63) is 71.6 Å². The molecular weight excluding hydrogens is 373 g/mol. The summed E-state index contributed by atoms with van der Waals surface area (Å²) in [6, 6.07) is 9.81. The second-order valence-corrected chi connectivity index (χ2v) is 6.94. The third-order valence-electron chi connectivity index (χ3n) is 4.79. The Labute approximate surface area is 168 Å². The molecule has 150 valence electrons. The Balaban J connectivity index is 1.53. The molecule has 29 heavy (non-hydrogen) atoms. The van der Waals surface area contributed by atoms with Crippen LogP contribution in [0.3, 0.4) is 0 Å². The van der Waals surface area contributed by atoms with E-state index in [0.29, 0.717) is 18.0 Å². The molecule has 1 amide bonds. The second kappa shape index (κ2) is 7.95. The number of imidazole rings is 1. The van der Waals surface area contributed by atoms with E-state index in [0.717, 1.165) is 29.0 Å². The highest BCUT2D eigenvalue weighted by molar-refractivity contribution is 5.93. The molecule has 0 radical (unpaired) electrons. The number of nitrogens with zero attached hydrogens (tertiary/aromatic N) is 2. The number of fused-ring (bicyclic) bond motifs is 1. The van der Waals surface area contributed by atoms with Crippen LogP contribution in [0.5, 0.6) is 11.5 Å². The SMILES string of the molecule is CCOc1cc2c(cc1CNC(=O)c1cncn1-c1ccc(F)cc1)OC(C)C2. The van der Waals surface area contributed by atoms with Gasteiger partial charge in [0.1, 0.15) is 29.1 Å². The fourth-order valence-corrected chi connectivity index (χ4v) is 3.45. The molecule has 1 N–H and O–H groups in total. The van der Waals surface area contributed by atoms with E-state index in [1.807, 2.05) is 26.0 Å². The molecule has 1 aliphatic rings. The van der Waals surface area contributed by atoms with E-state index in [9.17, 15) is 9.18 Å². The van der Waals surface area contributed by atoms with Crippen molar-refractivity contribution in [1.82, 2.24) is 14.9 Å². The van der Waals surface area contributed by atoms with Crippen molar-refractivity contribution in [1.29, 1.82) is 0 Å². The van der Waals surface area contributed by atoms with E-state index in [1.165, 1.54) is 24.7 Å². The maximum Gasteiger partial charge on any atom is 0.270 e. The van der Waals surface area contributed by atoms with Gasteiger partial charge in [-0.1, -0.05) is 0 Å². The average Bonchev–Trinajstić information content (AvgIpc) is 3.32. The van der Waals surface area contributed by atoms with Crippen molar-refractivity contribution in [3.63, 3.8) is 0 Å². The molecule has 1 aromatic heterocycles. The lowest BCUT2D eigenvalue weighted by Crippen LogP contribution is -2.25. The first-order valence-electron chi connectivity index (χ1n) is 9.57. The molecule has 0 saturated heterocycles. The van der Waals surface area contributed by atoms with Gasteiger partial charge in [0.05, 0.1) is 19.1 Å². The summed E-state index contributed by atoms with van der Waals surface area (Å²) < 4.78 is 26.4. The van der Waals surface area contributed by atoms with Gasteiger partial charge in [-0.05, 0) is 50.2 Å². The number of aromatic nitrogens is 2. The number of amides is 1. The van der Waals surface area contributed by atoms with Gasteiger partial charge in [-0.15, -0.1) is 0 Å². The molecule has 3 aromatic rings. The Morgan fingerprint density at radius 1 is 1.34 bits per heavy atom. The highest BCUT2D eigenvalue weighted by Gasteiger charge is 2.22. The highest BCUT2D eigenvalue weighted by atomic mass is 19.1. The van der Waals surface area contributed by atoms with Crippen molar-refractivity contribution in [2.45, 2.75) is 32.9 Å². The maximum atomic E-state index is 13.2.